The minimum Gasteiger partial charge on any atom is -0.463 e. The second-order valence-electron chi connectivity index (χ2n) is 6.53. The van der Waals surface area contributed by atoms with E-state index in [4.69, 9.17) is 23.7 Å². The predicted molar refractivity (Wildman–Crippen MR) is 80.5 cm³/mol. The molecule has 2 rings (SSSR count). The van der Waals surface area contributed by atoms with Gasteiger partial charge in [-0.05, 0) is 40.7 Å². The van der Waals surface area contributed by atoms with Crippen LogP contribution in [0.25, 0.3) is 0 Å². The largest absolute Gasteiger partial charge is 0.463 e. The average molecular weight is 330 g/mol. The number of aliphatic hydroxyl groups excluding tert-OH is 1. The molecule has 0 aromatic carbocycles. The standard InChI is InChI=1S/C16H26O7/c1-6-19-12(17)8-7-10-14(23-16(4,5)21-10)13(18)11-9-20-15(2,3)22-11/h7-8,10-11,13-14,18H,6,9H2,1-5H3/b8-7+/t10-,11-,13+,14+/m0/s1. The molecule has 0 bridgehead atoms. The SMILES string of the molecule is CCOC(=O)/C=C/[C@@H]1OC(C)(C)O[C@H]1[C@H](O)[C@@H]1COC(C)(C)O1. The van der Waals surface area contributed by atoms with Crippen molar-refractivity contribution in [3.8, 4) is 0 Å². The summed E-state index contributed by atoms with van der Waals surface area (Å²) >= 11 is 0. The maximum absolute atomic E-state index is 11.5. The van der Waals surface area contributed by atoms with Crippen molar-refractivity contribution in [3.63, 3.8) is 0 Å². The van der Waals surface area contributed by atoms with E-state index in [9.17, 15) is 9.90 Å². The fourth-order valence-electron chi connectivity index (χ4n) is 2.69. The Balaban J connectivity index is 2.06. The van der Waals surface area contributed by atoms with Crippen LogP contribution in [0, 0.1) is 0 Å². The Morgan fingerprint density at radius 3 is 2.52 bits per heavy atom. The number of ether oxygens (including phenoxy) is 5. The third-order valence-corrected chi connectivity index (χ3v) is 3.62. The lowest BCUT2D eigenvalue weighted by Gasteiger charge is -2.26. The van der Waals surface area contributed by atoms with E-state index in [1.54, 1.807) is 40.7 Å². The quantitative estimate of drug-likeness (QED) is 0.598. The highest BCUT2D eigenvalue weighted by Crippen LogP contribution is 2.34. The van der Waals surface area contributed by atoms with Gasteiger partial charge in [-0.15, -0.1) is 0 Å². The zero-order valence-corrected chi connectivity index (χ0v) is 14.3. The first kappa shape index (κ1) is 18.4. The molecule has 2 aliphatic rings. The fourth-order valence-corrected chi connectivity index (χ4v) is 2.69. The number of hydrogen-bond donors (Lipinski definition) is 1. The molecule has 0 aromatic heterocycles. The normalized spacial score (nSPS) is 33.9. The second kappa shape index (κ2) is 6.86. The highest BCUT2D eigenvalue weighted by molar-refractivity contribution is 5.81. The van der Waals surface area contributed by atoms with Gasteiger partial charge in [-0.3, -0.25) is 0 Å². The Labute approximate surface area is 136 Å². The number of hydrogen-bond acceptors (Lipinski definition) is 7. The van der Waals surface area contributed by atoms with Gasteiger partial charge in [-0.1, -0.05) is 0 Å². The molecule has 2 fully saturated rings. The predicted octanol–water partition coefficient (Wildman–Crippen LogP) is 1.14. The first-order valence-electron chi connectivity index (χ1n) is 7.84. The van der Waals surface area contributed by atoms with Gasteiger partial charge in [0.05, 0.1) is 13.2 Å². The van der Waals surface area contributed by atoms with Crippen molar-refractivity contribution in [2.45, 2.75) is 70.6 Å². The zero-order valence-electron chi connectivity index (χ0n) is 14.3. The molecule has 7 heteroatoms. The third kappa shape index (κ3) is 4.74. The highest BCUT2D eigenvalue weighted by atomic mass is 16.8. The van der Waals surface area contributed by atoms with Gasteiger partial charge in [0.1, 0.15) is 24.4 Å². The molecule has 0 unspecified atom stereocenters. The van der Waals surface area contributed by atoms with Gasteiger partial charge in [0, 0.05) is 6.08 Å². The minimum atomic E-state index is -0.949. The molecule has 2 saturated heterocycles. The monoisotopic (exact) mass is 330 g/mol. The van der Waals surface area contributed by atoms with E-state index in [1.165, 1.54) is 6.08 Å². The lowest BCUT2D eigenvalue weighted by molar-refractivity contribution is -0.178. The van der Waals surface area contributed by atoms with Crippen LogP contribution in [0.15, 0.2) is 12.2 Å². The molecular weight excluding hydrogens is 304 g/mol. The van der Waals surface area contributed by atoms with E-state index in [-0.39, 0.29) is 6.61 Å². The van der Waals surface area contributed by atoms with Gasteiger partial charge in [0.25, 0.3) is 0 Å². The molecule has 2 heterocycles. The van der Waals surface area contributed by atoms with Gasteiger partial charge in [0.15, 0.2) is 11.6 Å². The summed E-state index contributed by atoms with van der Waals surface area (Å²) in [4.78, 5) is 11.5. The molecule has 0 aromatic rings. The van der Waals surface area contributed by atoms with Crippen molar-refractivity contribution in [1.29, 1.82) is 0 Å². The molecule has 2 aliphatic heterocycles. The Morgan fingerprint density at radius 2 is 1.96 bits per heavy atom. The summed E-state index contributed by atoms with van der Waals surface area (Å²) in [5.41, 5.74) is 0. The van der Waals surface area contributed by atoms with E-state index in [1.807, 2.05) is 0 Å². The van der Waals surface area contributed by atoms with E-state index < -0.39 is 42.0 Å². The number of carbonyl (C=O) groups excluding carboxylic acids is 1. The molecule has 7 nitrogen and oxygen atoms in total. The number of esters is 1. The van der Waals surface area contributed by atoms with Crippen LogP contribution in [0.5, 0.6) is 0 Å². The molecule has 0 radical (unpaired) electrons. The van der Waals surface area contributed by atoms with Gasteiger partial charge >= 0.3 is 5.97 Å². The van der Waals surface area contributed by atoms with Crippen molar-refractivity contribution < 1.29 is 33.6 Å². The summed E-state index contributed by atoms with van der Waals surface area (Å²) in [5, 5.41) is 10.6. The molecular formula is C16H26O7. The average Bonchev–Trinajstić information content (AvgIpc) is 2.95. The van der Waals surface area contributed by atoms with Crippen molar-refractivity contribution in [1.82, 2.24) is 0 Å². The van der Waals surface area contributed by atoms with E-state index in [0.717, 1.165) is 0 Å². The zero-order chi connectivity index (χ0) is 17.3. The number of aliphatic hydroxyl groups is 1. The maximum Gasteiger partial charge on any atom is 0.330 e. The highest BCUT2D eigenvalue weighted by Gasteiger charge is 2.49. The van der Waals surface area contributed by atoms with Crippen LogP contribution < -0.4 is 0 Å². The van der Waals surface area contributed by atoms with Crippen LogP contribution in [-0.2, 0) is 28.5 Å². The van der Waals surface area contributed by atoms with Crippen LogP contribution >= 0.6 is 0 Å². The van der Waals surface area contributed by atoms with Crippen LogP contribution in [0.1, 0.15) is 34.6 Å². The van der Waals surface area contributed by atoms with Gasteiger partial charge in [-0.25, -0.2) is 4.79 Å². The van der Waals surface area contributed by atoms with Gasteiger partial charge in [0.2, 0.25) is 0 Å². The van der Waals surface area contributed by atoms with Crippen LogP contribution in [-0.4, -0.2) is 60.3 Å². The smallest absolute Gasteiger partial charge is 0.330 e. The summed E-state index contributed by atoms with van der Waals surface area (Å²) < 4.78 is 27.5. The van der Waals surface area contributed by atoms with Crippen molar-refractivity contribution in [2.75, 3.05) is 13.2 Å². The molecule has 23 heavy (non-hydrogen) atoms. The van der Waals surface area contributed by atoms with Crippen LogP contribution in [0.2, 0.25) is 0 Å². The lowest BCUT2D eigenvalue weighted by Crippen LogP contribution is -2.44. The lowest BCUT2D eigenvalue weighted by atomic mass is 10.0. The molecule has 132 valence electrons. The second-order valence-corrected chi connectivity index (χ2v) is 6.53. The summed E-state index contributed by atoms with van der Waals surface area (Å²) in [5.74, 6) is -2.07. The van der Waals surface area contributed by atoms with E-state index in [0.29, 0.717) is 6.61 Å². The molecule has 0 spiro atoms. The molecule has 0 saturated carbocycles. The summed E-state index contributed by atoms with van der Waals surface area (Å²) in [6.45, 7) is 9.37. The van der Waals surface area contributed by atoms with Crippen molar-refractivity contribution in [2.24, 2.45) is 0 Å². The first-order valence-corrected chi connectivity index (χ1v) is 7.84. The van der Waals surface area contributed by atoms with Crippen molar-refractivity contribution in [3.05, 3.63) is 12.2 Å². The number of carbonyl (C=O) groups is 1. The Bertz CT molecular complexity index is 457. The van der Waals surface area contributed by atoms with Crippen LogP contribution in [0.3, 0.4) is 0 Å². The Kier molecular flexibility index (Phi) is 5.48. The Hall–Kier alpha value is -0.990. The Morgan fingerprint density at radius 1 is 1.26 bits per heavy atom. The molecule has 0 aliphatic carbocycles. The molecule has 4 atom stereocenters. The summed E-state index contributed by atoms with van der Waals surface area (Å²) in [6, 6.07) is 0. The fraction of sp³-hybridized carbons (Fsp3) is 0.812. The molecule has 1 N–H and O–H groups in total. The first-order chi connectivity index (χ1) is 10.6. The van der Waals surface area contributed by atoms with Gasteiger partial charge in [-0.2, -0.15) is 0 Å². The summed E-state index contributed by atoms with van der Waals surface area (Å²) in [6.07, 6.45) is 0.104. The molecule has 0 amide bonds. The maximum atomic E-state index is 11.5. The number of rotatable bonds is 5. The van der Waals surface area contributed by atoms with Crippen LogP contribution in [0.4, 0.5) is 0 Å². The van der Waals surface area contributed by atoms with Gasteiger partial charge < -0.3 is 28.8 Å². The minimum absolute atomic E-state index is 0.267. The topological polar surface area (TPSA) is 83.5 Å². The van der Waals surface area contributed by atoms with E-state index >= 15 is 0 Å². The van der Waals surface area contributed by atoms with Crippen molar-refractivity contribution >= 4 is 5.97 Å². The summed E-state index contributed by atoms with van der Waals surface area (Å²) in [7, 11) is 0. The van der Waals surface area contributed by atoms with E-state index in [2.05, 4.69) is 0 Å². The third-order valence-electron chi connectivity index (χ3n) is 3.62.